The number of hydrogen-bond donors (Lipinski definition) is 1. The number of aromatic nitrogens is 1. The Hall–Kier alpha value is -2.52. The quantitative estimate of drug-likeness (QED) is 0.740. The summed E-state index contributed by atoms with van der Waals surface area (Å²) in [5, 5.41) is 0.879. The second-order valence-electron chi connectivity index (χ2n) is 8.61. The van der Waals surface area contributed by atoms with E-state index in [1.807, 2.05) is 47.2 Å². The minimum absolute atomic E-state index is 0.00634. The highest BCUT2D eigenvalue weighted by molar-refractivity contribution is 7.91. The number of likely N-dealkylation sites (tertiary alicyclic amines) is 1. The number of sulfone groups is 1. The van der Waals surface area contributed by atoms with Gasteiger partial charge in [-0.1, -0.05) is 18.2 Å². The number of piperidine rings is 1. The Labute approximate surface area is 182 Å². The summed E-state index contributed by atoms with van der Waals surface area (Å²) in [5.74, 6) is -0.0918. The molecule has 2 N–H and O–H groups in total. The molecule has 2 aliphatic rings. The van der Waals surface area contributed by atoms with Gasteiger partial charge in [0.05, 0.1) is 34.8 Å². The topological polar surface area (TPSA) is 114 Å². The van der Waals surface area contributed by atoms with Gasteiger partial charge in [-0.3, -0.25) is 19.5 Å². The molecule has 0 bridgehead atoms. The summed E-state index contributed by atoms with van der Waals surface area (Å²) in [6.07, 6.45) is 2.00. The smallest absolute Gasteiger partial charge is 0.250 e. The van der Waals surface area contributed by atoms with Gasteiger partial charge in [0.15, 0.2) is 9.84 Å². The summed E-state index contributed by atoms with van der Waals surface area (Å²) in [6.45, 7) is 1.37. The van der Waals surface area contributed by atoms with E-state index in [-0.39, 0.29) is 35.9 Å². The van der Waals surface area contributed by atoms with Crippen LogP contribution in [-0.4, -0.2) is 79.2 Å². The van der Waals surface area contributed by atoms with Crippen LogP contribution in [0.1, 0.15) is 41.2 Å². The van der Waals surface area contributed by atoms with Crippen LogP contribution in [0.3, 0.4) is 0 Å². The first kappa shape index (κ1) is 21.7. The molecule has 0 saturated carbocycles. The predicted octanol–water partition coefficient (Wildman–Crippen LogP) is 1.16. The third-order valence-electron chi connectivity index (χ3n) is 6.47. The highest BCUT2D eigenvalue weighted by Crippen LogP contribution is 2.31. The zero-order chi connectivity index (χ0) is 22.2. The van der Waals surface area contributed by atoms with Crippen LogP contribution in [-0.2, 0) is 14.6 Å². The van der Waals surface area contributed by atoms with Crippen LogP contribution < -0.4 is 5.73 Å². The Morgan fingerprint density at radius 3 is 2.55 bits per heavy atom. The summed E-state index contributed by atoms with van der Waals surface area (Å²) >= 11 is 0. The van der Waals surface area contributed by atoms with Crippen molar-refractivity contribution in [3.05, 3.63) is 41.6 Å². The number of carbonyl (C=O) groups excluding carboxylic acids is 2. The van der Waals surface area contributed by atoms with Crippen molar-refractivity contribution in [1.82, 2.24) is 14.8 Å². The SMILES string of the molecule is CN(CC(=O)N1CCC(c2nc3ccccc3cc2C(N)=O)CC1)[C@@H]1CCS(=O)(=O)C1. The molecule has 3 heterocycles. The molecule has 2 amide bonds. The number of benzene rings is 1. The standard InChI is InChI=1S/C22H28N4O4S/c1-25(17-8-11-31(29,30)14-17)13-20(27)26-9-6-15(7-10-26)21-18(22(23)28)12-16-4-2-3-5-19(16)24-21/h2-5,12,15,17H,6-11,13-14H2,1H3,(H2,23,28)/t17-/m1/s1. The van der Waals surface area contributed by atoms with Crippen LogP contribution in [0.4, 0.5) is 0 Å². The number of pyridine rings is 1. The second kappa shape index (κ2) is 8.55. The van der Waals surface area contributed by atoms with Crippen molar-refractivity contribution >= 4 is 32.6 Å². The number of amides is 2. The molecule has 166 valence electrons. The molecule has 2 fully saturated rings. The molecule has 1 aromatic carbocycles. The molecule has 1 atom stereocenters. The molecule has 2 aliphatic heterocycles. The van der Waals surface area contributed by atoms with Crippen molar-refractivity contribution in [2.24, 2.45) is 5.73 Å². The van der Waals surface area contributed by atoms with Gasteiger partial charge >= 0.3 is 0 Å². The lowest BCUT2D eigenvalue weighted by Crippen LogP contribution is -2.45. The summed E-state index contributed by atoms with van der Waals surface area (Å²) in [5.41, 5.74) is 7.62. The third kappa shape index (κ3) is 4.72. The number of rotatable bonds is 5. The van der Waals surface area contributed by atoms with Gasteiger partial charge in [-0.25, -0.2) is 8.42 Å². The largest absolute Gasteiger partial charge is 0.366 e. The molecule has 2 saturated heterocycles. The lowest BCUT2D eigenvalue weighted by molar-refractivity contribution is -0.133. The normalized spacial score (nSPS) is 21.6. The van der Waals surface area contributed by atoms with Gasteiger partial charge in [0.1, 0.15) is 0 Å². The Kier molecular flexibility index (Phi) is 5.98. The van der Waals surface area contributed by atoms with Crippen LogP contribution in [0.25, 0.3) is 10.9 Å². The van der Waals surface area contributed by atoms with E-state index in [0.717, 1.165) is 10.9 Å². The fraction of sp³-hybridized carbons (Fsp3) is 0.500. The maximum Gasteiger partial charge on any atom is 0.250 e. The van der Waals surface area contributed by atoms with Gasteiger partial charge in [-0.05, 0) is 38.4 Å². The lowest BCUT2D eigenvalue weighted by Gasteiger charge is -2.34. The average Bonchev–Trinajstić information content (AvgIpc) is 3.12. The van der Waals surface area contributed by atoms with Crippen molar-refractivity contribution in [3.8, 4) is 0 Å². The van der Waals surface area contributed by atoms with Crippen LogP contribution >= 0.6 is 0 Å². The fourth-order valence-corrected chi connectivity index (χ4v) is 6.41. The molecule has 9 heteroatoms. The lowest BCUT2D eigenvalue weighted by atomic mass is 9.89. The van der Waals surface area contributed by atoms with Crippen molar-refractivity contribution < 1.29 is 18.0 Å². The number of para-hydroxylation sites is 1. The number of hydrogen-bond acceptors (Lipinski definition) is 6. The molecule has 2 aromatic rings. The van der Waals surface area contributed by atoms with E-state index in [0.29, 0.717) is 43.6 Å². The van der Waals surface area contributed by atoms with E-state index >= 15 is 0 Å². The monoisotopic (exact) mass is 444 g/mol. The van der Waals surface area contributed by atoms with Crippen LogP contribution in [0.15, 0.2) is 30.3 Å². The molecular formula is C22H28N4O4S. The van der Waals surface area contributed by atoms with E-state index in [1.165, 1.54) is 0 Å². The number of fused-ring (bicyclic) bond motifs is 1. The Bertz CT molecular complexity index is 1110. The first-order chi connectivity index (χ1) is 14.7. The first-order valence-corrected chi connectivity index (χ1v) is 12.4. The number of primary amides is 1. The van der Waals surface area contributed by atoms with Crippen LogP contribution in [0.5, 0.6) is 0 Å². The van der Waals surface area contributed by atoms with Crippen molar-refractivity contribution in [2.45, 2.75) is 31.2 Å². The highest BCUT2D eigenvalue weighted by Gasteiger charge is 2.33. The van der Waals surface area contributed by atoms with E-state index in [9.17, 15) is 18.0 Å². The number of carbonyl (C=O) groups is 2. The number of nitrogens with two attached hydrogens (primary N) is 1. The fourth-order valence-electron chi connectivity index (χ4n) is 4.61. The third-order valence-corrected chi connectivity index (χ3v) is 8.22. The molecule has 0 radical (unpaired) electrons. The molecule has 31 heavy (non-hydrogen) atoms. The summed E-state index contributed by atoms with van der Waals surface area (Å²) < 4.78 is 23.4. The Morgan fingerprint density at radius 1 is 1.19 bits per heavy atom. The number of nitrogens with zero attached hydrogens (tertiary/aromatic N) is 3. The summed E-state index contributed by atoms with van der Waals surface area (Å²) in [6, 6.07) is 9.36. The van der Waals surface area contributed by atoms with Crippen molar-refractivity contribution in [2.75, 3.05) is 38.2 Å². The summed E-state index contributed by atoms with van der Waals surface area (Å²) in [7, 11) is -1.16. The minimum Gasteiger partial charge on any atom is -0.366 e. The predicted molar refractivity (Wildman–Crippen MR) is 119 cm³/mol. The van der Waals surface area contributed by atoms with E-state index < -0.39 is 15.7 Å². The molecule has 1 aromatic heterocycles. The molecule has 0 spiro atoms. The van der Waals surface area contributed by atoms with Gasteiger partial charge < -0.3 is 10.6 Å². The van der Waals surface area contributed by atoms with Gasteiger partial charge in [0, 0.05) is 30.4 Å². The van der Waals surface area contributed by atoms with Gasteiger partial charge in [-0.15, -0.1) is 0 Å². The molecule has 0 aliphatic carbocycles. The van der Waals surface area contributed by atoms with Crippen molar-refractivity contribution in [1.29, 1.82) is 0 Å². The highest BCUT2D eigenvalue weighted by atomic mass is 32.2. The van der Waals surface area contributed by atoms with Crippen LogP contribution in [0.2, 0.25) is 0 Å². The van der Waals surface area contributed by atoms with E-state index in [4.69, 9.17) is 10.7 Å². The molecular weight excluding hydrogens is 416 g/mol. The zero-order valence-corrected chi connectivity index (χ0v) is 18.5. The van der Waals surface area contributed by atoms with E-state index in [1.54, 1.807) is 0 Å². The molecule has 4 rings (SSSR count). The molecule has 0 unspecified atom stereocenters. The second-order valence-corrected chi connectivity index (χ2v) is 10.8. The number of likely N-dealkylation sites (N-methyl/N-ethyl adjacent to an activating group) is 1. The van der Waals surface area contributed by atoms with Crippen LogP contribution in [0, 0.1) is 0 Å². The van der Waals surface area contributed by atoms with Gasteiger partial charge in [0.2, 0.25) is 5.91 Å². The molecule has 8 nitrogen and oxygen atoms in total. The van der Waals surface area contributed by atoms with Gasteiger partial charge in [-0.2, -0.15) is 0 Å². The Morgan fingerprint density at radius 2 is 1.90 bits per heavy atom. The average molecular weight is 445 g/mol. The zero-order valence-electron chi connectivity index (χ0n) is 17.7. The van der Waals surface area contributed by atoms with Crippen molar-refractivity contribution in [3.63, 3.8) is 0 Å². The Balaban J connectivity index is 1.41. The van der Waals surface area contributed by atoms with E-state index in [2.05, 4.69) is 0 Å². The maximum absolute atomic E-state index is 12.8. The maximum atomic E-state index is 12.8. The van der Waals surface area contributed by atoms with Gasteiger partial charge in [0.25, 0.3) is 5.91 Å². The summed E-state index contributed by atoms with van der Waals surface area (Å²) in [4.78, 5) is 33.2. The minimum atomic E-state index is -2.98. The first-order valence-electron chi connectivity index (χ1n) is 10.6.